The van der Waals surface area contributed by atoms with Gasteiger partial charge in [0.2, 0.25) is 0 Å². The predicted molar refractivity (Wildman–Crippen MR) is 62.0 cm³/mol. The zero-order valence-corrected chi connectivity index (χ0v) is 11.2. The van der Waals surface area contributed by atoms with Crippen molar-refractivity contribution in [3.8, 4) is 5.75 Å². The Morgan fingerprint density at radius 2 is 1.59 bits per heavy atom. The highest BCUT2D eigenvalue weighted by Crippen LogP contribution is 2.47. The minimum atomic E-state index is -6.58. The molecule has 0 radical (unpaired) electrons. The molecule has 0 amide bonds. The lowest BCUT2D eigenvalue weighted by atomic mass is 10.1. The van der Waals surface area contributed by atoms with Gasteiger partial charge in [-0.15, -0.1) is 0 Å². The SMILES string of the molecule is CCCc1ccccc1OC(=O)C(F)(F)C(F)(F)C(F)(F)F. The second kappa shape index (κ2) is 6.13. The van der Waals surface area contributed by atoms with E-state index in [9.17, 15) is 35.5 Å². The molecule has 0 fully saturated rings. The number of benzene rings is 1. The molecule has 0 atom stereocenters. The Labute approximate surface area is 120 Å². The number of carbonyl (C=O) groups excluding carboxylic acids is 1. The Bertz CT molecular complexity index is 537. The third-order valence-corrected chi connectivity index (χ3v) is 2.70. The number of hydrogen-bond acceptors (Lipinski definition) is 2. The van der Waals surface area contributed by atoms with E-state index in [1.807, 2.05) is 0 Å². The molecule has 0 heterocycles. The maximum atomic E-state index is 13.1. The standard InChI is InChI=1S/C13H11F7O2/c1-2-5-8-6-3-4-7-9(8)22-10(21)11(14,15)12(16,17)13(18,19)20/h3-4,6-7H,2,5H2,1H3. The van der Waals surface area contributed by atoms with Gasteiger partial charge in [0.05, 0.1) is 0 Å². The van der Waals surface area contributed by atoms with Gasteiger partial charge in [-0.25, -0.2) is 4.79 Å². The van der Waals surface area contributed by atoms with Gasteiger partial charge in [-0.3, -0.25) is 0 Å². The topological polar surface area (TPSA) is 26.3 Å². The van der Waals surface area contributed by atoms with Crippen LogP contribution in [0.15, 0.2) is 24.3 Å². The van der Waals surface area contributed by atoms with Gasteiger partial charge in [0, 0.05) is 0 Å². The van der Waals surface area contributed by atoms with Gasteiger partial charge in [0.1, 0.15) is 5.75 Å². The van der Waals surface area contributed by atoms with Gasteiger partial charge in [-0.2, -0.15) is 30.7 Å². The minimum absolute atomic E-state index is 0.240. The summed E-state index contributed by atoms with van der Waals surface area (Å²) in [5.74, 6) is -16.0. The van der Waals surface area contributed by atoms with Crippen LogP contribution in [0, 0.1) is 0 Å². The van der Waals surface area contributed by atoms with Crippen LogP contribution in [-0.4, -0.2) is 24.0 Å². The number of carbonyl (C=O) groups is 1. The number of para-hydroxylation sites is 1. The Morgan fingerprint density at radius 3 is 2.09 bits per heavy atom. The maximum absolute atomic E-state index is 13.1. The highest BCUT2D eigenvalue weighted by Gasteiger charge is 2.77. The maximum Gasteiger partial charge on any atom is 0.460 e. The third-order valence-electron chi connectivity index (χ3n) is 2.70. The first-order chi connectivity index (χ1) is 9.95. The molecule has 0 N–H and O–H groups in total. The van der Waals surface area contributed by atoms with Gasteiger partial charge >= 0.3 is 24.0 Å². The van der Waals surface area contributed by atoms with E-state index in [2.05, 4.69) is 4.74 Å². The zero-order chi connectivity index (χ0) is 17.2. The van der Waals surface area contributed by atoms with E-state index >= 15 is 0 Å². The Morgan fingerprint density at radius 1 is 1.05 bits per heavy atom. The van der Waals surface area contributed by atoms with Crippen LogP contribution in [0.25, 0.3) is 0 Å². The van der Waals surface area contributed by atoms with Crippen LogP contribution >= 0.6 is 0 Å². The predicted octanol–water partition coefficient (Wildman–Crippen LogP) is 4.38. The number of ether oxygens (including phenoxy) is 1. The quantitative estimate of drug-likeness (QED) is 0.454. The van der Waals surface area contributed by atoms with Crippen molar-refractivity contribution in [1.82, 2.24) is 0 Å². The second-order valence-electron chi connectivity index (χ2n) is 4.39. The molecule has 0 spiro atoms. The van der Waals surface area contributed by atoms with Crippen LogP contribution in [0.4, 0.5) is 30.7 Å². The van der Waals surface area contributed by atoms with E-state index in [0.29, 0.717) is 6.42 Å². The van der Waals surface area contributed by atoms with Crippen molar-refractivity contribution in [2.45, 2.75) is 37.8 Å². The zero-order valence-electron chi connectivity index (χ0n) is 11.2. The number of aryl methyl sites for hydroxylation is 1. The molecule has 0 saturated heterocycles. The molecule has 0 aliphatic heterocycles. The van der Waals surface area contributed by atoms with Crippen molar-refractivity contribution in [1.29, 1.82) is 0 Å². The molecular weight excluding hydrogens is 321 g/mol. The van der Waals surface area contributed by atoms with Gasteiger partial charge in [-0.05, 0) is 18.1 Å². The highest BCUT2D eigenvalue weighted by molar-refractivity contribution is 5.81. The van der Waals surface area contributed by atoms with Crippen LogP contribution in [0.2, 0.25) is 0 Å². The van der Waals surface area contributed by atoms with Crippen LogP contribution in [-0.2, 0) is 11.2 Å². The first kappa shape index (κ1) is 18.2. The Kier molecular flexibility index (Phi) is 5.09. The average molecular weight is 332 g/mol. The molecule has 0 bridgehead atoms. The lowest BCUT2D eigenvalue weighted by Crippen LogP contribution is -2.57. The lowest BCUT2D eigenvalue weighted by Gasteiger charge is -2.26. The summed E-state index contributed by atoms with van der Waals surface area (Å²) in [5, 5.41) is 0. The highest BCUT2D eigenvalue weighted by atomic mass is 19.4. The van der Waals surface area contributed by atoms with Crippen molar-refractivity contribution in [3.05, 3.63) is 29.8 Å². The molecule has 1 aromatic carbocycles. The molecule has 2 nitrogen and oxygen atoms in total. The van der Waals surface area contributed by atoms with Crippen molar-refractivity contribution < 1.29 is 40.3 Å². The smallest absolute Gasteiger partial charge is 0.422 e. The van der Waals surface area contributed by atoms with Crippen molar-refractivity contribution in [2.75, 3.05) is 0 Å². The van der Waals surface area contributed by atoms with Crippen molar-refractivity contribution in [3.63, 3.8) is 0 Å². The fourth-order valence-electron chi connectivity index (χ4n) is 1.55. The van der Waals surface area contributed by atoms with E-state index in [-0.39, 0.29) is 12.0 Å². The van der Waals surface area contributed by atoms with Gasteiger partial charge in [0.25, 0.3) is 0 Å². The molecule has 9 heteroatoms. The van der Waals surface area contributed by atoms with E-state index in [4.69, 9.17) is 0 Å². The number of rotatable bonds is 5. The van der Waals surface area contributed by atoms with E-state index in [1.165, 1.54) is 18.2 Å². The summed E-state index contributed by atoms with van der Waals surface area (Å²) in [5.41, 5.74) is 0.240. The van der Waals surface area contributed by atoms with Crippen LogP contribution in [0.1, 0.15) is 18.9 Å². The molecule has 0 aromatic heterocycles. The largest absolute Gasteiger partial charge is 0.460 e. The van der Waals surface area contributed by atoms with Gasteiger partial charge < -0.3 is 4.74 Å². The molecular formula is C13H11F7O2. The van der Waals surface area contributed by atoms with Crippen LogP contribution < -0.4 is 4.74 Å². The summed E-state index contributed by atoms with van der Waals surface area (Å²) >= 11 is 0. The second-order valence-corrected chi connectivity index (χ2v) is 4.39. The normalized spacial score (nSPS) is 13.1. The number of hydrogen-bond donors (Lipinski definition) is 0. The minimum Gasteiger partial charge on any atom is -0.422 e. The van der Waals surface area contributed by atoms with E-state index in [1.54, 1.807) is 6.92 Å². The van der Waals surface area contributed by atoms with E-state index in [0.717, 1.165) is 6.07 Å². The van der Waals surface area contributed by atoms with Crippen LogP contribution in [0.5, 0.6) is 5.75 Å². The van der Waals surface area contributed by atoms with Gasteiger partial charge in [-0.1, -0.05) is 31.5 Å². The molecule has 0 aliphatic carbocycles. The molecule has 124 valence electrons. The van der Waals surface area contributed by atoms with Gasteiger partial charge in [0.15, 0.2) is 0 Å². The Balaban J connectivity index is 3.07. The first-order valence-corrected chi connectivity index (χ1v) is 6.07. The third kappa shape index (κ3) is 3.33. The van der Waals surface area contributed by atoms with E-state index < -0.39 is 29.7 Å². The number of halogens is 7. The number of esters is 1. The fraction of sp³-hybridized carbons (Fsp3) is 0.462. The molecule has 1 rings (SSSR count). The molecule has 22 heavy (non-hydrogen) atoms. The Hall–Kier alpha value is -1.80. The average Bonchev–Trinajstić information content (AvgIpc) is 2.39. The summed E-state index contributed by atoms with van der Waals surface area (Å²) in [4.78, 5) is 11.1. The molecule has 0 unspecified atom stereocenters. The van der Waals surface area contributed by atoms with Crippen molar-refractivity contribution in [2.24, 2.45) is 0 Å². The fourth-order valence-corrected chi connectivity index (χ4v) is 1.55. The molecule has 0 aliphatic rings. The summed E-state index contributed by atoms with van der Waals surface area (Å²) in [6, 6.07) is 5.16. The molecule has 0 saturated carbocycles. The van der Waals surface area contributed by atoms with Crippen molar-refractivity contribution >= 4 is 5.97 Å². The van der Waals surface area contributed by atoms with Crippen LogP contribution in [0.3, 0.4) is 0 Å². The summed E-state index contributed by atoms with van der Waals surface area (Å²) in [6.07, 6.45) is -5.80. The summed E-state index contributed by atoms with van der Waals surface area (Å²) in [7, 11) is 0. The lowest BCUT2D eigenvalue weighted by molar-refractivity contribution is -0.346. The molecule has 1 aromatic rings. The number of alkyl halides is 7. The first-order valence-electron chi connectivity index (χ1n) is 6.07. The summed E-state index contributed by atoms with van der Waals surface area (Å²) in [6.45, 7) is 1.71. The monoisotopic (exact) mass is 332 g/mol. The summed E-state index contributed by atoms with van der Waals surface area (Å²) < 4.78 is 91.8.